The van der Waals surface area contributed by atoms with Crippen LogP contribution in [0.25, 0.3) is 0 Å². The average Bonchev–Trinajstić information content (AvgIpc) is 2.85. The molecule has 2 saturated heterocycles. The van der Waals surface area contributed by atoms with Crippen molar-refractivity contribution in [2.45, 2.75) is 12.8 Å². The van der Waals surface area contributed by atoms with Gasteiger partial charge < -0.3 is 10.6 Å². The Bertz CT molecular complexity index is 448. The number of nitrogens with one attached hydrogen (secondary N) is 2. The summed E-state index contributed by atoms with van der Waals surface area (Å²) in [5.41, 5.74) is 0. The highest BCUT2D eigenvalue weighted by Gasteiger charge is 2.29. The molecular weight excluding hydrogens is 258 g/mol. The molecular formula is C10H17N3O4S. The number of carbonyl (C=O) groups is 2. The third kappa shape index (κ3) is 2.99. The molecule has 18 heavy (non-hydrogen) atoms. The Morgan fingerprint density at radius 2 is 2.28 bits per heavy atom. The van der Waals surface area contributed by atoms with Crippen molar-refractivity contribution in [1.29, 1.82) is 0 Å². The molecule has 0 aromatic heterocycles. The van der Waals surface area contributed by atoms with Crippen molar-refractivity contribution in [3.05, 3.63) is 0 Å². The molecule has 0 aromatic rings. The highest BCUT2D eigenvalue weighted by molar-refractivity contribution is 7.89. The van der Waals surface area contributed by atoms with Gasteiger partial charge in [0.15, 0.2) is 0 Å². The van der Waals surface area contributed by atoms with Gasteiger partial charge in [0, 0.05) is 32.6 Å². The smallest absolute Gasteiger partial charge is 0.225 e. The van der Waals surface area contributed by atoms with Crippen molar-refractivity contribution in [3.8, 4) is 0 Å². The van der Waals surface area contributed by atoms with E-state index in [4.69, 9.17) is 0 Å². The lowest BCUT2D eigenvalue weighted by Gasteiger charge is -2.15. The van der Waals surface area contributed by atoms with E-state index >= 15 is 0 Å². The van der Waals surface area contributed by atoms with E-state index in [0.29, 0.717) is 32.6 Å². The molecule has 7 nitrogen and oxygen atoms in total. The zero-order valence-corrected chi connectivity index (χ0v) is 10.8. The minimum Gasteiger partial charge on any atom is -0.355 e. The van der Waals surface area contributed by atoms with Crippen molar-refractivity contribution >= 4 is 21.8 Å². The molecule has 2 fully saturated rings. The van der Waals surface area contributed by atoms with Crippen molar-refractivity contribution in [3.63, 3.8) is 0 Å². The van der Waals surface area contributed by atoms with E-state index in [9.17, 15) is 18.0 Å². The summed E-state index contributed by atoms with van der Waals surface area (Å²) in [6.45, 7) is 1.50. The number of sulfonamides is 1. The first-order valence-electron chi connectivity index (χ1n) is 6.01. The van der Waals surface area contributed by atoms with E-state index in [-0.39, 0.29) is 29.9 Å². The minimum absolute atomic E-state index is 0.114. The second-order valence-electron chi connectivity index (χ2n) is 4.56. The van der Waals surface area contributed by atoms with E-state index in [1.54, 1.807) is 0 Å². The summed E-state index contributed by atoms with van der Waals surface area (Å²) in [5, 5.41) is 5.26. The van der Waals surface area contributed by atoms with Crippen LogP contribution in [0.4, 0.5) is 0 Å². The van der Waals surface area contributed by atoms with Gasteiger partial charge in [0.05, 0.1) is 11.7 Å². The zero-order valence-electron chi connectivity index (χ0n) is 10.0. The molecule has 2 heterocycles. The normalized spacial score (nSPS) is 27.1. The SMILES string of the molecule is O=C1CC(C(=O)NCCN2CCCS2(=O)=O)CN1. The zero-order chi connectivity index (χ0) is 13.2. The number of hydrogen-bond acceptors (Lipinski definition) is 4. The molecule has 8 heteroatoms. The van der Waals surface area contributed by atoms with E-state index in [1.807, 2.05) is 0 Å². The second-order valence-corrected chi connectivity index (χ2v) is 6.65. The van der Waals surface area contributed by atoms with Gasteiger partial charge in [0.2, 0.25) is 21.8 Å². The van der Waals surface area contributed by atoms with E-state index in [1.165, 1.54) is 4.31 Å². The van der Waals surface area contributed by atoms with Gasteiger partial charge in [-0.3, -0.25) is 9.59 Å². The van der Waals surface area contributed by atoms with Gasteiger partial charge in [-0.1, -0.05) is 0 Å². The van der Waals surface area contributed by atoms with E-state index in [0.717, 1.165) is 0 Å². The molecule has 0 aliphatic carbocycles. The minimum atomic E-state index is -3.10. The van der Waals surface area contributed by atoms with Crippen LogP contribution in [0.15, 0.2) is 0 Å². The standard InChI is InChI=1S/C10H17N3O4S/c14-9-6-8(7-12-9)10(15)11-2-4-13-3-1-5-18(13,16)17/h8H,1-7H2,(H,11,15)(H,12,14). The number of hydrogen-bond donors (Lipinski definition) is 2. The van der Waals surface area contributed by atoms with Gasteiger partial charge in [-0.15, -0.1) is 0 Å². The molecule has 0 spiro atoms. The average molecular weight is 275 g/mol. The summed E-state index contributed by atoms with van der Waals surface area (Å²) >= 11 is 0. The van der Waals surface area contributed by atoms with Crippen LogP contribution < -0.4 is 10.6 Å². The Morgan fingerprint density at radius 1 is 1.50 bits per heavy atom. The highest BCUT2D eigenvalue weighted by atomic mass is 32.2. The Hall–Kier alpha value is -1.15. The maximum atomic E-state index is 11.7. The van der Waals surface area contributed by atoms with Gasteiger partial charge in [0.1, 0.15) is 0 Å². The lowest BCUT2D eigenvalue weighted by atomic mass is 10.1. The molecule has 0 aromatic carbocycles. The van der Waals surface area contributed by atoms with Gasteiger partial charge in [-0.25, -0.2) is 12.7 Å². The number of nitrogens with zero attached hydrogens (tertiary/aromatic N) is 1. The van der Waals surface area contributed by atoms with E-state index in [2.05, 4.69) is 10.6 Å². The second kappa shape index (κ2) is 5.23. The number of amides is 2. The number of rotatable bonds is 4. The molecule has 0 bridgehead atoms. The first-order valence-corrected chi connectivity index (χ1v) is 7.62. The molecule has 2 rings (SSSR count). The fourth-order valence-corrected chi connectivity index (χ4v) is 3.71. The number of carbonyl (C=O) groups excluding carboxylic acids is 2. The van der Waals surface area contributed by atoms with Crippen LogP contribution >= 0.6 is 0 Å². The molecule has 0 saturated carbocycles. The molecule has 1 unspecified atom stereocenters. The lowest BCUT2D eigenvalue weighted by molar-refractivity contribution is -0.126. The highest BCUT2D eigenvalue weighted by Crippen LogP contribution is 2.12. The summed E-state index contributed by atoms with van der Waals surface area (Å²) in [6, 6.07) is 0. The molecule has 1 atom stereocenters. The predicted octanol–water partition coefficient (Wildman–Crippen LogP) is -1.73. The third-order valence-corrected chi connectivity index (χ3v) is 5.17. The first-order chi connectivity index (χ1) is 8.49. The van der Waals surface area contributed by atoms with Crippen LogP contribution in [0, 0.1) is 5.92 Å². The van der Waals surface area contributed by atoms with Crippen molar-refractivity contribution < 1.29 is 18.0 Å². The van der Waals surface area contributed by atoms with Crippen LogP contribution in [0.3, 0.4) is 0 Å². The first kappa shape index (κ1) is 13.3. The summed E-state index contributed by atoms with van der Waals surface area (Å²) in [7, 11) is -3.10. The van der Waals surface area contributed by atoms with Gasteiger partial charge >= 0.3 is 0 Å². The van der Waals surface area contributed by atoms with Crippen molar-refractivity contribution in [1.82, 2.24) is 14.9 Å². The quantitative estimate of drug-likeness (QED) is 0.637. The fourth-order valence-electron chi connectivity index (χ4n) is 2.18. The van der Waals surface area contributed by atoms with Crippen LogP contribution in [0.2, 0.25) is 0 Å². The summed E-state index contributed by atoms with van der Waals surface area (Å²) in [4.78, 5) is 22.6. The third-order valence-electron chi connectivity index (χ3n) is 3.21. The molecule has 2 N–H and O–H groups in total. The van der Waals surface area contributed by atoms with Crippen LogP contribution in [-0.2, 0) is 19.6 Å². The Labute approximate surface area is 106 Å². The summed E-state index contributed by atoms with van der Waals surface area (Å²) in [6.07, 6.45) is 0.866. The molecule has 0 radical (unpaired) electrons. The predicted molar refractivity (Wildman–Crippen MR) is 64.1 cm³/mol. The lowest BCUT2D eigenvalue weighted by Crippen LogP contribution is -2.38. The fraction of sp³-hybridized carbons (Fsp3) is 0.800. The Kier molecular flexibility index (Phi) is 3.86. The van der Waals surface area contributed by atoms with Crippen LogP contribution in [0.1, 0.15) is 12.8 Å². The van der Waals surface area contributed by atoms with E-state index < -0.39 is 10.0 Å². The van der Waals surface area contributed by atoms with Crippen molar-refractivity contribution in [2.75, 3.05) is 31.9 Å². The largest absolute Gasteiger partial charge is 0.355 e. The van der Waals surface area contributed by atoms with Crippen LogP contribution in [0.5, 0.6) is 0 Å². The summed E-state index contributed by atoms with van der Waals surface area (Å²) < 4.78 is 24.4. The molecule has 2 amide bonds. The maximum Gasteiger partial charge on any atom is 0.225 e. The molecule has 2 aliphatic rings. The van der Waals surface area contributed by atoms with Crippen LogP contribution in [-0.4, -0.2) is 56.5 Å². The Balaban J connectivity index is 1.72. The van der Waals surface area contributed by atoms with Gasteiger partial charge in [-0.2, -0.15) is 0 Å². The van der Waals surface area contributed by atoms with Gasteiger partial charge in [0.25, 0.3) is 0 Å². The molecule has 102 valence electrons. The topological polar surface area (TPSA) is 95.6 Å². The maximum absolute atomic E-state index is 11.7. The summed E-state index contributed by atoms with van der Waals surface area (Å²) in [5.74, 6) is -0.433. The van der Waals surface area contributed by atoms with Crippen molar-refractivity contribution in [2.24, 2.45) is 5.92 Å². The van der Waals surface area contributed by atoms with Gasteiger partial charge in [-0.05, 0) is 6.42 Å². The molecule has 2 aliphatic heterocycles. The Morgan fingerprint density at radius 3 is 2.83 bits per heavy atom. The monoisotopic (exact) mass is 275 g/mol.